The van der Waals surface area contributed by atoms with Crippen LogP contribution in [0.3, 0.4) is 0 Å². The van der Waals surface area contributed by atoms with E-state index < -0.39 is 4.92 Å². The number of hydrogen-bond donors (Lipinski definition) is 0. The van der Waals surface area contributed by atoms with Crippen molar-refractivity contribution < 1.29 is 9.72 Å². The van der Waals surface area contributed by atoms with Gasteiger partial charge in [-0.2, -0.15) is 0 Å². The molecule has 120 valence electrons. The van der Waals surface area contributed by atoms with Crippen LogP contribution in [0.5, 0.6) is 0 Å². The minimum Gasteiger partial charge on any atom is -0.308 e. The summed E-state index contributed by atoms with van der Waals surface area (Å²) in [5.74, 6) is -0.203. The zero-order valence-corrected chi connectivity index (χ0v) is 13.4. The first-order valence-corrected chi connectivity index (χ1v) is 7.67. The zero-order chi connectivity index (χ0) is 16.8. The second-order valence-corrected chi connectivity index (χ2v) is 5.35. The number of nitro benzene ring substituents is 1. The Kier molecular flexibility index (Phi) is 5.46. The lowest BCUT2D eigenvalue weighted by Crippen LogP contribution is -2.32. The minimum atomic E-state index is -0.453. The molecular weight excluding hydrogens is 292 g/mol. The van der Waals surface area contributed by atoms with Gasteiger partial charge in [-0.15, -0.1) is 0 Å². The Morgan fingerprint density at radius 2 is 1.83 bits per heavy atom. The molecule has 0 aliphatic rings. The number of rotatable bonds is 6. The summed E-state index contributed by atoms with van der Waals surface area (Å²) in [5.41, 5.74) is 1.55. The number of amides is 1. The van der Waals surface area contributed by atoms with E-state index in [0.717, 1.165) is 18.5 Å². The second kappa shape index (κ2) is 7.54. The quantitative estimate of drug-likeness (QED) is 0.588. The van der Waals surface area contributed by atoms with Gasteiger partial charge in [0.05, 0.1) is 4.92 Å². The van der Waals surface area contributed by atoms with E-state index in [1.807, 2.05) is 30.3 Å². The molecule has 0 aliphatic carbocycles. The van der Waals surface area contributed by atoms with E-state index in [1.165, 1.54) is 6.07 Å². The Bertz CT molecular complexity index is 699. The van der Waals surface area contributed by atoms with Crippen LogP contribution >= 0.6 is 0 Å². The molecule has 0 fully saturated rings. The summed E-state index contributed by atoms with van der Waals surface area (Å²) in [4.78, 5) is 25.3. The van der Waals surface area contributed by atoms with Gasteiger partial charge in [0, 0.05) is 29.4 Å². The Morgan fingerprint density at radius 1 is 1.13 bits per heavy atom. The van der Waals surface area contributed by atoms with Crippen LogP contribution in [0.25, 0.3) is 0 Å². The molecule has 1 amide bonds. The van der Waals surface area contributed by atoms with Crippen molar-refractivity contribution in [2.45, 2.75) is 26.7 Å². The van der Waals surface area contributed by atoms with Crippen LogP contribution in [0.15, 0.2) is 48.5 Å². The lowest BCUT2D eigenvalue weighted by molar-refractivity contribution is -0.385. The molecular formula is C18H20N2O3. The summed E-state index contributed by atoms with van der Waals surface area (Å²) in [6.45, 7) is 4.27. The molecule has 5 nitrogen and oxygen atoms in total. The fraction of sp³-hybridized carbons (Fsp3) is 0.278. The van der Waals surface area contributed by atoms with Gasteiger partial charge < -0.3 is 4.90 Å². The normalized spacial score (nSPS) is 10.3. The second-order valence-electron chi connectivity index (χ2n) is 5.35. The molecule has 2 aromatic carbocycles. The van der Waals surface area contributed by atoms with Gasteiger partial charge >= 0.3 is 0 Å². The number of hydrogen-bond acceptors (Lipinski definition) is 3. The van der Waals surface area contributed by atoms with Gasteiger partial charge in [0.25, 0.3) is 11.6 Å². The highest BCUT2D eigenvalue weighted by molar-refractivity contribution is 6.07. The molecule has 5 heteroatoms. The third-order valence-corrected chi connectivity index (χ3v) is 3.78. The largest absolute Gasteiger partial charge is 0.308 e. The first kappa shape index (κ1) is 16.7. The van der Waals surface area contributed by atoms with Crippen molar-refractivity contribution in [2.24, 2.45) is 0 Å². The zero-order valence-electron chi connectivity index (χ0n) is 13.4. The van der Waals surface area contributed by atoms with Gasteiger partial charge in [-0.1, -0.05) is 37.6 Å². The summed E-state index contributed by atoms with van der Waals surface area (Å²) < 4.78 is 0. The average Bonchev–Trinajstić information content (AvgIpc) is 2.56. The number of anilines is 1. The van der Waals surface area contributed by atoms with Crippen molar-refractivity contribution in [1.82, 2.24) is 0 Å². The van der Waals surface area contributed by atoms with Crippen LogP contribution in [0.4, 0.5) is 11.4 Å². The van der Waals surface area contributed by atoms with Crippen LogP contribution < -0.4 is 4.90 Å². The van der Waals surface area contributed by atoms with Gasteiger partial charge in [-0.25, -0.2) is 0 Å². The first-order chi connectivity index (χ1) is 11.1. The third kappa shape index (κ3) is 3.74. The van der Waals surface area contributed by atoms with E-state index in [4.69, 9.17) is 0 Å². The predicted molar refractivity (Wildman–Crippen MR) is 90.9 cm³/mol. The molecule has 0 aliphatic heterocycles. The fourth-order valence-corrected chi connectivity index (χ4v) is 2.47. The van der Waals surface area contributed by atoms with E-state index in [1.54, 1.807) is 24.0 Å². The molecule has 0 aromatic heterocycles. The van der Waals surface area contributed by atoms with Gasteiger partial charge in [0.2, 0.25) is 0 Å². The van der Waals surface area contributed by atoms with Gasteiger partial charge in [-0.3, -0.25) is 14.9 Å². The van der Waals surface area contributed by atoms with Crippen LogP contribution in [0, 0.1) is 17.0 Å². The number of para-hydroxylation sites is 1. The number of carbonyl (C=O) groups is 1. The monoisotopic (exact) mass is 312 g/mol. The summed E-state index contributed by atoms with van der Waals surface area (Å²) in [7, 11) is 0. The van der Waals surface area contributed by atoms with E-state index in [-0.39, 0.29) is 11.6 Å². The van der Waals surface area contributed by atoms with Crippen molar-refractivity contribution in [3.8, 4) is 0 Å². The van der Waals surface area contributed by atoms with Crippen LogP contribution in [0.2, 0.25) is 0 Å². The molecule has 0 N–H and O–H groups in total. The van der Waals surface area contributed by atoms with Crippen molar-refractivity contribution in [2.75, 3.05) is 11.4 Å². The molecule has 0 unspecified atom stereocenters. The Labute approximate surface area is 135 Å². The van der Waals surface area contributed by atoms with E-state index in [2.05, 4.69) is 6.92 Å². The molecule has 0 heterocycles. The van der Waals surface area contributed by atoms with Crippen molar-refractivity contribution in [3.63, 3.8) is 0 Å². The standard InChI is InChI=1S/C18H20N2O3/c1-3-4-13-19(15-9-6-5-7-10-15)18(21)16-11-8-12-17(14(16)2)20(22)23/h5-12H,3-4,13H2,1-2H3. The summed E-state index contributed by atoms with van der Waals surface area (Å²) in [5, 5.41) is 11.1. The van der Waals surface area contributed by atoms with Crippen LogP contribution in [-0.4, -0.2) is 17.4 Å². The summed E-state index contributed by atoms with van der Waals surface area (Å²) in [6, 6.07) is 14.0. The molecule has 2 aromatic rings. The number of benzene rings is 2. The molecule has 23 heavy (non-hydrogen) atoms. The van der Waals surface area contributed by atoms with E-state index >= 15 is 0 Å². The molecule has 0 atom stereocenters. The molecule has 0 radical (unpaired) electrons. The highest BCUT2D eigenvalue weighted by Crippen LogP contribution is 2.24. The molecule has 0 bridgehead atoms. The SMILES string of the molecule is CCCCN(C(=O)c1cccc([N+](=O)[O-])c1C)c1ccccc1. The Balaban J connectivity index is 2.42. The fourth-order valence-electron chi connectivity index (χ4n) is 2.47. The number of carbonyl (C=O) groups excluding carboxylic acids is 1. The number of nitrogens with zero attached hydrogens (tertiary/aromatic N) is 2. The van der Waals surface area contributed by atoms with Crippen LogP contribution in [0.1, 0.15) is 35.7 Å². The summed E-state index contributed by atoms with van der Waals surface area (Å²) in [6.07, 6.45) is 1.83. The maximum atomic E-state index is 13.0. The lowest BCUT2D eigenvalue weighted by Gasteiger charge is -2.23. The predicted octanol–water partition coefficient (Wildman–Crippen LogP) is 4.35. The van der Waals surface area contributed by atoms with Crippen LogP contribution in [-0.2, 0) is 0 Å². The Morgan fingerprint density at radius 3 is 2.43 bits per heavy atom. The molecule has 0 spiro atoms. The Hall–Kier alpha value is -2.69. The number of unbranched alkanes of at least 4 members (excludes halogenated alkanes) is 1. The minimum absolute atomic E-state index is 0.0284. The maximum absolute atomic E-state index is 13.0. The van der Waals surface area contributed by atoms with Gasteiger partial charge in [0.15, 0.2) is 0 Å². The molecule has 2 rings (SSSR count). The number of nitro groups is 1. The highest BCUT2D eigenvalue weighted by atomic mass is 16.6. The smallest absolute Gasteiger partial charge is 0.273 e. The van der Waals surface area contributed by atoms with E-state index in [9.17, 15) is 14.9 Å². The van der Waals surface area contributed by atoms with Gasteiger partial charge in [0.1, 0.15) is 0 Å². The molecule has 0 saturated heterocycles. The highest BCUT2D eigenvalue weighted by Gasteiger charge is 2.23. The molecule has 0 saturated carbocycles. The van der Waals surface area contributed by atoms with Gasteiger partial charge in [-0.05, 0) is 31.5 Å². The first-order valence-electron chi connectivity index (χ1n) is 7.67. The topological polar surface area (TPSA) is 63.5 Å². The van der Waals surface area contributed by atoms with Crippen molar-refractivity contribution >= 4 is 17.3 Å². The maximum Gasteiger partial charge on any atom is 0.273 e. The van der Waals surface area contributed by atoms with E-state index in [0.29, 0.717) is 17.7 Å². The van der Waals surface area contributed by atoms with Crippen molar-refractivity contribution in [1.29, 1.82) is 0 Å². The van der Waals surface area contributed by atoms with Crippen molar-refractivity contribution in [3.05, 3.63) is 69.8 Å². The lowest BCUT2D eigenvalue weighted by atomic mass is 10.0. The average molecular weight is 312 g/mol. The third-order valence-electron chi connectivity index (χ3n) is 3.78. The summed E-state index contributed by atoms with van der Waals surface area (Å²) >= 11 is 0.